The number of fused-ring (bicyclic) bond motifs is 1. The summed E-state index contributed by atoms with van der Waals surface area (Å²) in [6, 6.07) is 8.94. The standard InChI is InChI=1S/C18H17ClN2O2S/c19-12-7-8-15-16(10-12)20-18(24-14-5-1-2-6-14)21(17(15)22)11-13-4-3-9-23-13/h3-4,7-10,14H,1-2,5-6,11H2. The lowest BCUT2D eigenvalue weighted by Gasteiger charge is -2.15. The molecule has 1 saturated carbocycles. The molecule has 2 aromatic heterocycles. The lowest BCUT2D eigenvalue weighted by Crippen LogP contribution is -2.24. The van der Waals surface area contributed by atoms with Crippen molar-refractivity contribution < 1.29 is 4.42 Å². The first kappa shape index (κ1) is 15.8. The Hall–Kier alpha value is -1.72. The molecule has 0 bridgehead atoms. The molecule has 1 aromatic carbocycles. The van der Waals surface area contributed by atoms with Gasteiger partial charge in [0.05, 0.1) is 23.7 Å². The van der Waals surface area contributed by atoms with Gasteiger partial charge in [-0.15, -0.1) is 0 Å². The van der Waals surface area contributed by atoms with E-state index in [1.807, 2.05) is 12.1 Å². The van der Waals surface area contributed by atoms with Crippen LogP contribution in [0.2, 0.25) is 5.02 Å². The van der Waals surface area contributed by atoms with Gasteiger partial charge in [0.25, 0.3) is 5.56 Å². The fraction of sp³-hybridized carbons (Fsp3) is 0.333. The molecule has 24 heavy (non-hydrogen) atoms. The van der Waals surface area contributed by atoms with Crippen LogP contribution in [0.3, 0.4) is 0 Å². The monoisotopic (exact) mass is 360 g/mol. The van der Waals surface area contributed by atoms with E-state index >= 15 is 0 Å². The highest BCUT2D eigenvalue weighted by molar-refractivity contribution is 7.99. The van der Waals surface area contributed by atoms with E-state index in [1.54, 1.807) is 40.8 Å². The van der Waals surface area contributed by atoms with Gasteiger partial charge in [-0.2, -0.15) is 0 Å². The predicted octanol–water partition coefficient (Wildman–Crippen LogP) is 4.73. The van der Waals surface area contributed by atoms with Crippen LogP contribution in [0.4, 0.5) is 0 Å². The number of rotatable bonds is 4. The third-order valence-corrected chi connectivity index (χ3v) is 5.91. The Morgan fingerprint density at radius 2 is 2.12 bits per heavy atom. The van der Waals surface area contributed by atoms with E-state index in [4.69, 9.17) is 21.0 Å². The van der Waals surface area contributed by atoms with Crippen LogP contribution in [0.5, 0.6) is 0 Å². The summed E-state index contributed by atoms with van der Waals surface area (Å²) in [5.74, 6) is 0.750. The van der Waals surface area contributed by atoms with Crippen molar-refractivity contribution in [3.05, 3.63) is 57.7 Å². The van der Waals surface area contributed by atoms with Gasteiger partial charge in [0, 0.05) is 10.3 Å². The average Bonchev–Trinajstić information content (AvgIpc) is 3.24. The molecule has 1 aliphatic carbocycles. The molecule has 1 aliphatic rings. The zero-order valence-corrected chi connectivity index (χ0v) is 14.6. The minimum Gasteiger partial charge on any atom is -0.467 e. The Bertz CT molecular complexity index is 915. The lowest BCUT2D eigenvalue weighted by molar-refractivity contribution is 0.476. The van der Waals surface area contributed by atoms with Gasteiger partial charge >= 0.3 is 0 Å². The smallest absolute Gasteiger partial charge is 0.262 e. The Labute approximate surface area is 148 Å². The van der Waals surface area contributed by atoms with Gasteiger partial charge in [-0.05, 0) is 43.2 Å². The summed E-state index contributed by atoms with van der Waals surface area (Å²) in [7, 11) is 0. The molecule has 0 atom stereocenters. The van der Waals surface area contributed by atoms with E-state index < -0.39 is 0 Å². The molecule has 0 saturated heterocycles. The van der Waals surface area contributed by atoms with Crippen molar-refractivity contribution in [2.45, 2.75) is 42.6 Å². The van der Waals surface area contributed by atoms with Gasteiger partial charge in [0.1, 0.15) is 5.76 Å². The number of furan rings is 1. The maximum absolute atomic E-state index is 13.0. The third kappa shape index (κ3) is 3.10. The van der Waals surface area contributed by atoms with E-state index in [1.165, 1.54) is 25.7 Å². The average molecular weight is 361 g/mol. The molecular formula is C18H17ClN2O2S. The summed E-state index contributed by atoms with van der Waals surface area (Å²) >= 11 is 7.78. The molecule has 6 heteroatoms. The number of thioether (sulfide) groups is 1. The highest BCUT2D eigenvalue weighted by Gasteiger charge is 2.21. The quantitative estimate of drug-likeness (QED) is 0.631. The van der Waals surface area contributed by atoms with E-state index in [2.05, 4.69) is 0 Å². The molecule has 0 amide bonds. The van der Waals surface area contributed by atoms with Crippen LogP contribution in [0.25, 0.3) is 10.9 Å². The van der Waals surface area contributed by atoms with E-state index in [0.29, 0.717) is 27.7 Å². The van der Waals surface area contributed by atoms with Crippen molar-refractivity contribution in [2.24, 2.45) is 0 Å². The fourth-order valence-corrected chi connectivity index (χ4v) is 4.58. The van der Waals surface area contributed by atoms with Gasteiger partial charge in [-0.25, -0.2) is 4.98 Å². The van der Waals surface area contributed by atoms with Crippen LogP contribution in [0, 0.1) is 0 Å². The van der Waals surface area contributed by atoms with Gasteiger partial charge in [-0.3, -0.25) is 9.36 Å². The number of nitrogens with zero attached hydrogens (tertiary/aromatic N) is 2. The Morgan fingerprint density at radius 1 is 1.29 bits per heavy atom. The lowest BCUT2D eigenvalue weighted by atomic mass is 10.2. The summed E-state index contributed by atoms with van der Waals surface area (Å²) in [6.45, 7) is 0.395. The number of halogens is 1. The topological polar surface area (TPSA) is 48.0 Å². The summed E-state index contributed by atoms with van der Waals surface area (Å²) in [5, 5.41) is 2.45. The molecule has 0 N–H and O–H groups in total. The number of hydrogen-bond donors (Lipinski definition) is 0. The zero-order valence-electron chi connectivity index (χ0n) is 13.1. The summed E-state index contributed by atoms with van der Waals surface area (Å²) < 4.78 is 7.15. The largest absolute Gasteiger partial charge is 0.467 e. The molecule has 1 fully saturated rings. The SMILES string of the molecule is O=c1c2ccc(Cl)cc2nc(SC2CCCC2)n1Cc1ccco1. The van der Waals surface area contributed by atoms with E-state index in [-0.39, 0.29) is 5.56 Å². The van der Waals surface area contributed by atoms with Crippen molar-refractivity contribution in [1.82, 2.24) is 9.55 Å². The first-order valence-corrected chi connectivity index (χ1v) is 9.35. The van der Waals surface area contributed by atoms with Crippen LogP contribution >= 0.6 is 23.4 Å². The minimum absolute atomic E-state index is 0.0476. The number of benzene rings is 1. The van der Waals surface area contributed by atoms with Crippen molar-refractivity contribution in [3.8, 4) is 0 Å². The van der Waals surface area contributed by atoms with Crippen molar-refractivity contribution in [3.63, 3.8) is 0 Å². The Morgan fingerprint density at radius 3 is 2.88 bits per heavy atom. The van der Waals surface area contributed by atoms with Gasteiger partial charge in [0.15, 0.2) is 5.16 Å². The maximum atomic E-state index is 13.0. The molecule has 0 radical (unpaired) electrons. The maximum Gasteiger partial charge on any atom is 0.262 e. The van der Waals surface area contributed by atoms with Crippen LogP contribution in [0.1, 0.15) is 31.4 Å². The summed E-state index contributed by atoms with van der Waals surface area (Å²) in [4.78, 5) is 17.7. The van der Waals surface area contributed by atoms with Crippen molar-refractivity contribution in [1.29, 1.82) is 0 Å². The normalized spacial score (nSPS) is 15.4. The van der Waals surface area contributed by atoms with E-state index in [0.717, 1.165) is 10.9 Å². The molecule has 0 unspecified atom stereocenters. The van der Waals surface area contributed by atoms with Gasteiger partial charge in [0.2, 0.25) is 0 Å². The highest BCUT2D eigenvalue weighted by atomic mass is 35.5. The highest BCUT2D eigenvalue weighted by Crippen LogP contribution is 2.34. The predicted molar refractivity (Wildman–Crippen MR) is 96.9 cm³/mol. The van der Waals surface area contributed by atoms with Crippen LogP contribution < -0.4 is 5.56 Å². The van der Waals surface area contributed by atoms with Crippen molar-refractivity contribution in [2.75, 3.05) is 0 Å². The van der Waals surface area contributed by atoms with Gasteiger partial charge in [-0.1, -0.05) is 36.2 Å². The second kappa shape index (κ2) is 6.65. The second-order valence-corrected chi connectivity index (χ2v) is 7.75. The molecular weight excluding hydrogens is 344 g/mol. The minimum atomic E-state index is -0.0476. The Kier molecular flexibility index (Phi) is 4.37. The van der Waals surface area contributed by atoms with Crippen LogP contribution in [-0.4, -0.2) is 14.8 Å². The van der Waals surface area contributed by atoms with Crippen LogP contribution in [0.15, 0.2) is 51.0 Å². The molecule has 4 rings (SSSR count). The molecule has 124 valence electrons. The van der Waals surface area contributed by atoms with Crippen LogP contribution in [-0.2, 0) is 6.54 Å². The Balaban J connectivity index is 1.83. The second-order valence-electron chi connectivity index (χ2n) is 6.05. The first-order chi connectivity index (χ1) is 11.7. The van der Waals surface area contributed by atoms with E-state index in [9.17, 15) is 4.79 Å². The zero-order chi connectivity index (χ0) is 16.5. The fourth-order valence-electron chi connectivity index (χ4n) is 3.12. The molecule has 2 heterocycles. The molecule has 0 aliphatic heterocycles. The first-order valence-electron chi connectivity index (χ1n) is 8.10. The van der Waals surface area contributed by atoms with Gasteiger partial charge < -0.3 is 4.42 Å². The molecule has 4 nitrogen and oxygen atoms in total. The summed E-state index contributed by atoms with van der Waals surface area (Å²) in [6.07, 6.45) is 6.47. The summed E-state index contributed by atoms with van der Waals surface area (Å²) in [5.41, 5.74) is 0.609. The number of hydrogen-bond acceptors (Lipinski definition) is 4. The molecule has 0 spiro atoms. The third-order valence-electron chi connectivity index (χ3n) is 4.35. The number of aromatic nitrogens is 2. The molecule has 3 aromatic rings. The van der Waals surface area contributed by atoms with Crippen molar-refractivity contribution >= 4 is 34.3 Å².